The van der Waals surface area contributed by atoms with Crippen molar-refractivity contribution in [2.45, 2.75) is 13.5 Å². The summed E-state index contributed by atoms with van der Waals surface area (Å²) in [7, 11) is 0. The van der Waals surface area contributed by atoms with Crippen LogP contribution in [0.5, 0.6) is 5.75 Å². The number of thiazole rings is 1. The van der Waals surface area contributed by atoms with Crippen LogP contribution in [0, 0.1) is 6.92 Å². The molecule has 18 heavy (non-hydrogen) atoms. The number of benzene rings is 1. The van der Waals surface area contributed by atoms with E-state index < -0.39 is 5.97 Å². The van der Waals surface area contributed by atoms with Crippen molar-refractivity contribution in [3.63, 3.8) is 0 Å². The summed E-state index contributed by atoms with van der Waals surface area (Å²) >= 11 is 7.01. The Balaban J connectivity index is 2.02. The lowest BCUT2D eigenvalue weighted by Gasteiger charge is -2.05. The SMILES string of the molecule is Cc1cc(OCc2ncc(C(=O)O)s2)ccc1Cl. The number of hydrogen-bond donors (Lipinski definition) is 1. The summed E-state index contributed by atoms with van der Waals surface area (Å²) in [4.78, 5) is 14.9. The molecule has 94 valence electrons. The quantitative estimate of drug-likeness (QED) is 0.934. The fourth-order valence-electron chi connectivity index (χ4n) is 1.33. The van der Waals surface area contributed by atoms with E-state index >= 15 is 0 Å². The molecule has 2 aromatic rings. The van der Waals surface area contributed by atoms with Gasteiger partial charge in [-0.3, -0.25) is 0 Å². The maximum Gasteiger partial charge on any atom is 0.347 e. The average Bonchev–Trinajstić information content (AvgIpc) is 2.79. The molecule has 1 heterocycles. The summed E-state index contributed by atoms with van der Waals surface area (Å²) in [5.74, 6) is -0.287. The first-order valence-electron chi connectivity index (χ1n) is 5.13. The lowest BCUT2D eigenvalue weighted by molar-refractivity contribution is 0.0702. The molecule has 1 aromatic heterocycles. The molecule has 6 heteroatoms. The Bertz CT molecular complexity index is 582. The number of aromatic carboxylic acids is 1. The molecule has 0 saturated carbocycles. The molecule has 0 saturated heterocycles. The number of ether oxygens (including phenoxy) is 1. The molecule has 1 N–H and O–H groups in total. The Morgan fingerprint density at radius 1 is 1.56 bits per heavy atom. The van der Waals surface area contributed by atoms with Crippen molar-refractivity contribution < 1.29 is 14.6 Å². The zero-order valence-electron chi connectivity index (χ0n) is 9.51. The fourth-order valence-corrected chi connectivity index (χ4v) is 2.12. The topological polar surface area (TPSA) is 59.4 Å². The third-order valence-corrected chi connectivity index (χ3v) is 3.64. The number of carboxylic acids is 1. The lowest BCUT2D eigenvalue weighted by atomic mass is 10.2. The number of rotatable bonds is 4. The van der Waals surface area contributed by atoms with E-state index in [1.54, 1.807) is 12.1 Å². The normalized spacial score (nSPS) is 10.3. The van der Waals surface area contributed by atoms with Crippen LogP contribution in [0.15, 0.2) is 24.4 Å². The van der Waals surface area contributed by atoms with Gasteiger partial charge in [-0.05, 0) is 30.7 Å². The molecule has 0 unspecified atom stereocenters. The van der Waals surface area contributed by atoms with E-state index in [1.807, 2.05) is 13.0 Å². The van der Waals surface area contributed by atoms with Gasteiger partial charge in [-0.25, -0.2) is 9.78 Å². The van der Waals surface area contributed by atoms with Gasteiger partial charge in [0.25, 0.3) is 0 Å². The van der Waals surface area contributed by atoms with E-state index in [9.17, 15) is 4.79 Å². The molecular formula is C12H10ClNO3S. The van der Waals surface area contributed by atoms with Crippen LogP contribution in [0.3, 0.4) is 0 Å². The third kappa shape index (κ3) is 3.00. The summed E-state index contributed by atoms with van der Waals surface area (Å²) < 4.78 is 5.52. The van der Waals surface area contributed by atoms with Crippen molar-refractivity contribution in [2.24, 2.45) is 0 Å². The fraction of sp³-hybridized carbons (Fsp3) is 0.167. The van der Waals surface area contributed by atoms with E-state index in [2.05, 4.69) is 4.98 Å². The van der Waals surface area contributed by atoms with Crippen LogP contribution in [0.25, 0.3) is 0 Å². The smallest absolute Gasteiger partial charge is 0.347 e. The van der Waals surface area contributed by atoms with Crippen molar-refractivity contribution in [1.29, 1.82) is 0 Å². The van der Waals surface area contributed by atoms with E-state index in [0.29, 0.717) is 15.8 Å². The number of aryl methyl sites for hydroxylation is 1. The predicted octanol–water partition coefficient (Wildman–Crippen LogP) is 3.38. The minimum atomic E-state index is -0.971. The lowest BCUT2D eigenvalue weighted by Crippen LogP contribution is -1.94. The molecule has 0 radical (unpaired) electrons. The molecule has 0 aliphatic carbocycles. The second kappa shape index (κ2) is 5.37. The molecule has 2 rings (SSSR count). The molecule has 0 atom stereocenters. The van der Waals surface area contributed by atoms with Crippen molar-refractivity contribution in [2.75, 3.05) is 0 Å². The first-order chi connectivity index (χ1) is 8.56. The number of aromatic nitrogens is 1. The van der Waals surface area contributed by atoms with Crippen molar-refractivity contribution in [3.05, 3.63) is 44.9 Å². The van der Waals surface area contributed by atoms with Crippen molar-refractivity contribution in [1.82, 2.24) is 4.98 Å². The summed E-state index contributed by atoms with van der Waals surface area (Å²) in [5.41, 5.74) is 0.930. The Morgan fingerprint density at radius 3 is 2.94 bits per heavy atom. The highest BCUT2D eigenvalue weighted by Gasteiger charge is 2.09. The van der Waals surface area contributed by atoms with Crippen molar-refractivity contribution >= 4 is 28.9 Å². The summed E-state index contributed by atoms with van der Waals surface area (Å²) in [6.45, 7) is 2.14. The first kappa shape index (κ1) is 12.9. The molecule has 0 fully saturated rings. The summed E-state index contributed by atoms with van der Waals surface area (Å²) in [6.07, 6.45) is 1.33. The minimum Gasteiger partial charge on any atom is -0.486 e. The standard InChI is InChI=1S/C12H10ClNO3S/c1-7-4-8(2-3-9(7)13)17-6-11-14-5-10(18-11)12(15)16/h2-5H,6H2,1H3,(H,15,16). The predicted molar refractivity (Wildman–Crippen MR) is 69.6 cm³/mol. The maximum atomic E-state index is 10.7. The highest BCUT2D eigenvalue weighted by molar-refractivity contribution is 7.13. The van der Waals surface area contributed by atoms with Gasteiger partial charge in [0.2, 0.25) is 0 Å². The maximum absolute atomic E-state index is 10.7. The van der Waals surface area contributed by atoms with Crippen LogP contribution >= 0.6 is 22.9 Å². The Hall–Kier alpha value is -1.59. The molecule has 0 bridgehead atoms. The zero-order chi connectivity index (χ0) is 13.1. The number of carbonyl (C=O) groups is 1. The van der Waals surface area contributed by atoms with Crippen LogP contribution in [0.4, 0.5) is 0 Å². The highest BCUT2D eigenvalue weighted by Crippen LogP contribution is 2.22. The molecular weight excluding hydrogens is 274 g/mol. The molecule has 1 aromatic carbocycles. The second-order valence-electron chi connectivity index (χ2n) is 3.62. The van der Waals surface area contributed by atoms with Crippen LogP contribution in [0.2, 0.25) is 5.02 Å². The van der Waals surface area contributed by atoms with Crippen molar-refractivity contribution in [3.8, 4) is 5.75 Å². The second-order valence-corrected chi connectivity index (χ2v) is 5.15. The third-order valence-electron chi connectivity index (χ3n) is 2.26. The largest absolute Gasteiger partial charge is 0.486 e. The monoisotopic (exact) mass is 283 g/mol. The Morgan fingerprint density at radius 2 is 2.33 bits per heavy atom. The van der Waals surface area contributed by atoms with E-state index in [1.165, 1.54) is 6.20 Å². The van der Waals surface area contributed by atoms with Crippen LogP contribution in [-0.2, 0) is 6.61 Å². The average molecular weight is 284 g/mol. The van der Waals surface area contributed by atoms with E-state index in [-0.39, 0.29) is 11.5 Å². The summed E-state index contributed by atoms with van der Waals surface area (Å²) in [5, 5.41) is 10.1. The van der Waals surface area contributed by atoms with Crippen LogP contribution < -0.4 is 4.74 Å². The van der Waals surface area contributed by atoms with Gasteiger partial charge in [-0.15, -0.1) is 11.3 Å². The molecule has 0 spiro atoms. The van der Waals surface area contributed by atoms with Gasteiger partial charge in [0, 0.05) is 5.02 Å². The van der Waals surface area contributed by atoms with Gasteiger partial charge in [0.15, 0.2) is 0 Å². The number of hydrogen-bond acceptors (Lipinski definition) is 4. The van der Waals surface area contributed by atoms with E-state index in [4.69, 9.17) is 21.4 Å². The van der Waals surface area contributed by atoms with E-state index in [0.717, 1.165) is 16.9 Å². The minimum absolute atomic E-state index is 0.209. The number of carboxylic acid groups (broad SMARTS) is 1. The van der Waals surface area contributed by atoms with Gasteiger partial charge in [-0.2, -0.15) is 0 Å². The van der Waals surface area contributed by atoms with Gasteiger partial charge in [-0.1, -0.05) is 11.6 Å². The van der Waals surface area contributed by atoms with Crippen LogP contribution in [-0.4, -0.2) is 16.1 Å². The van der Waals surface area contributed by atoms with Gasteiger partial charge < -0.3 is 9.84 Å². The van der Waals surface area contributed by atoms with Crippen LogP contribution in [0.1, 0.15) is 20.2 Å². The number of nitrogens with zero attached hydrogens (tertiary/aromatic N) is 1. The first-order valence-corrected chi connectivity index (χ1v) is 6.32. The number of halogens is 1. The zero-order valence-corrected chi connectivity index (χ0v) is 11.1. The molecule has 0 amide bonds. The Kier molecular flexibility index (Phi) is 3.84. The van der Waals surface area contributed by atoms with Gasteiger partial charge in [0.1, 0.15) is 22.2 Å². The Labute approximate surface area is 113 Å². The molecule has 0 aliphatic rings. The molecule has 0 aliphatic heterocycles. The van der Waals surface area contributed by atoms with Gasteiger partial charge >= 0.3 is 5.97 Å². The molecule has 4 nitrogen and oxygen atoms in total. The van der Waals surface area contributed by atoms with Gasteiger partial charge in [0.05, 0.1) is 6.20 Å². The summed E-state index contributed by atoms with van der Waals surface area (Å²) in [6, 6.07) is 5.35. The highest BCUT2D eigenvalue weighted by atomic mass is 35.5.